The molecule has 0 heterocycles. The van der Waals surface area contributed by atoms with E-state index < -0.39 is 0 Å². The molecule has 0 saturated carbocycles. The molecule has 0 radical (unpaired) electrons. The van der Waals surface area contributed by atoms with Crippen molar-refractivity contribution < 1.29 is 4.74 Å². The van der Waals surface area contributed by atoms with Gasteiger partial charge in [-0.15, -0.1) is 0 Å². The van der Waals surface area contributed by atoms with Crippen molar-refractivity contribution in [3.05, 3.63) is 53.6 Å². The maximum atomic E-state index is 5.71. The summed E-state index contributed by atoms with van der Waals surface area (Å²) in [5.74, 6) is 0.736. The highest BCUT2D eigenvalue weighted by molar-refractivity contribution is 5.65. The minimum atomic E-state index is 0.538. The quantitative estimate of drug-likeness (QED) is 0.794. The number of benzene rings is 2. The van der Waals surface area contributed by atoms with Crippen LogP contribution in [-0.4, -0.2) is 0 Å². The lowest BCUT2D eigenvalue weighted by Crippen LogP contribution is -1.99. The molecule has 3 heteroatoms. The summed E-state index contributed by atoms with van der Waals surface area (Å²) in [5.41, 5.74) is 14.9. The van der Waals surface area contributed by atoms with Crippen molar-refractivity contribution in [2.75, 3.05) is 11.5 Å². The third-order valence-electron chi connectivity index (χ3n) is 2.71. The van der Waals surface area contributed by atoms with Crippen molar-refractivity contribution in [1.82, 2.24) is 0 Å². The topological polar surface area (TPSA) is 61.3 Å². The Hall–Kier alpha value is -2.16. The van der Waals surface area contributed by atoms with Gasteiger partial charge >= 0.3 is 0 Å². The Balaban J connectivity index is 2.08. The van der Waals surface area contributed by atoms with E-state index in [2.05, 4.69) is 19.1 Å². The molecule has 88 valence electrons. The van der Waals surface area contributed by atoms with Crippen molar-refractivity contribution in [2.45, 2.75) is 13.5 Å². The molecule has 3 nitrogen and oxygen atoms in total. The van der Waals surface area contributed by atoms with E-state index in [1.807, 2.05) is 18.2 Å². The zero-order valence-corrected chi connectivity index (χ0v) is 9.81. The summed E-state index contributed by atoms with van der Waals surface area (Å²) in [5, 5.41) is 0. The van der Waals surface area contributed by atoms with Crippen molar-refractivity contribution in [3.8, 4) is 5.75 Å². The number of nitrogens with two attached hydrogens (primary N) is 2. The van der Waals surface area contributed by atoms with Gasteiger partial charge in [0.25, 0.3) is 0 Å². The first-order chi connectivity index (χ1) is 8.16. The second-order valence-electron chi connectivity index (χ2n) is 4.01. The molecule has 0 atom stereocenters. The Morgan fingerprint density at radius 3 is 2.47 bits per heavy atom. The zero-order valence-electron chi connectivity index (χ0n) is 9.81. The fourth-order valence-corrected chi connectivity index (χ4v) is 1.58. The zero-order chi connectivity index (χ0) is 12.3. The van der Waals surface area contributed by atoms with Crippen LogP contribution in [0.4, 0.5) is 11.4 Å². The first-order valence-corrected chi connectivity index (χ1v) is 5.49. The van der Waals surface area contributed by atoms with Gasteiger partial charge in [-0.3, -0.25) is 0 Å². The van der Waals surface area contributed by atoms with Gasteiger partial charge < -0.3 is 16.2 Å². The lowest BCUT2D eigenvalue weighted by atomic mass is 10.1. The van der Waals surface area contributed by atoms with Gasteiger partial charge in [-0.25, -0.2) is 0 Å². The van der Waals surface area contributed by atoms with Gasteiger partial charge in [0.05, 0.1) is 11.4 Å². The van der Waals surface area contributed by atoms with Gasteiger partial charge in [-0.05, 0) is 30.2 Å². The predicted octanol–water partition coefficient (Wildman–Crippen LogP) is 2.74. The van der Waals surface area contributed by atoms with Crippen molar-refractivity contribution >= 4 is 11.4 Å². The van der Waals surface area contributed by atoms with E-state index in [0.29, 0.717) is 18.0 Å². The van der Waals surface area contributed by atoms with Crippen LogP contribution in [0, 0.1) is 6.92 Å². The van der Waals surface area contributed by atoms with Gasteiger partial charge in [-0.1, -0.05) is 24.3 Å². The maximum absolute atomic E-state index is 5.71. The number of hydrogen-bond donors (Lipinski definition) is 2. The molecule has 4 N–H and O–H groups in total. The van der Waals surface area contributed by atoms with Crippen LogP contribution in [0.2, 0.25) is 0 Å². The summed E-state index contributed by atoms with van der Waals surface area (Å²) in [6.45, 7) is 2.60. The molecule has 0 aliphatic rings. The fraction of sp³-hybridized carbons (Fsp3) is 0.143. The molecular weight excluding hydrogens is 212 g/mol. The molecule has 0 aliphatic carbocycles. The first kappa shape index (κ1) is 11.3. The summed E-state index contributed by atoms with van der Waals surface area (Å²) in [4.78, 5) is 0. The third kappa shape index (κ3) is 2.69. The highest BCUT2D eigenvalue weighted by Crippen LogP contribution is 2.22. The Morgan fingerprint density at radius 2 is 1.76 bits per heavy atom. The Bertz CT molecular complexity index is 523. The van der Waals surface area contributed by atoms with E-state index >= 15 is 0 Å². The lowest BCUT2D eigenvalue weighted by molar-refractivity contribution is 0.305. The van der Waals surface area contributed by atoms with Crippen LogP contribution in [0.15, 0.2) is 42.5 Å². The van der Waals surface area contributed by atoms with Gasteiger partial charge in [0.15, 0.2) is 0 Å². The van der Waals surface area contributed by atoms with Crippen LogP contribution < -0.4 is 16.2 Å². The second-order valence-corrected chi connectivity index (χ2v) is 4.01. The molecule has 2 rings (SSSR count). The molecular formula is C14H16N2O. The smallest absolute Gasteiger partial charge is 0.122 e. The highest BCUT2D eigenvalue weighted by Gasteiger charge is 2.01. The predicted molar refractivity (Wildman–Crippen MR) is 70.8 cm³/mol. The molecule has 0 amide bonds. The summed E-state index contributed by atoms with van der Waals surface area (Å²) in [6.07, 6.45) is 0. The Labute approximate surface area is 101 Å². The molecule has 2 aromatic carbocycles. The third-order valence-corrected chi connectivity index (χ3v) is 2.71. The monoisotopic (exact) mass is 228 g/mol. The number of ether oxygens (including phenoxy) is 1. The number of rotatable bonds is 3. The van der Waals surface area contributed by atoms with Crippen molar-refractivity contribution in [3.63, 3.8) is 0 Å². The second kappa shape index (κ2) is 4.78. The van der Waals surface area contributed by atoms with E-state index in [1.54, 1.807) is 12.1 Å². The lowest BCUT2D eigenvalue weighted by Gasteiger charge is -2.09. The summed E-state index contributed by atoms with van der Waals surface area (Å²) < 4.78 is 5.67. The average molecular weight is 228 g/mol. The van der Waals surface area contributed by atoms with Gasteiger partial charge in [0.1, 0.15) is 12.4 Å². The summed E-state index contributed by atoms with van der Waals surface area (Å²) >= 11 is 0. The van der Waals surface area contributed by atoms with Crippen LogP contribution in [0.3, 0.4) is 0 Å². The minimum Gasteiger partial charge on any atom is -0.489 e. The largest absolute Gasteiger partial charge is 0.489 e. The first-order valence-electron chi connectivity index (χ1n) is 5.49. The van der Waals surface area contributed by atoms with E-state index in [1.165, 1.54) is 11.1 Å². The SMILES string of the molecule is Cc1ccccc1COc1ccc(N)c(N)c1. The van der Waals surface area contributed by atoms with Gasteiger partial charge in [0.2, 0.25) is 0 Å². The average Bonchev–Trinajstić information content (AvgIpc) is 2.32. The Morgan fingerprint density at radius 1 is 1.00 bits per heavy atom. The normalized spacial score (nSPS) is 10.2. The van der Waals surface area contributed by atoms with Crippen LogP contribution in [0.1, 0.15) is 11.1 Å². The molecule has 2 aromatic rings. The number of aryl methyl sites for hydroxylation is 1. The molecule has 0 unspecified atom stereocenters. The van der Waals surface area contributed by atoms with Crippen molar-refractivity contribution in [2.24, 2.45) is 0 Å². The molecule has 0 saturated heterocycles. The van der Waals surface area contributed by atoms with Crippen LogP contribution in [0.5, 0.6) is 5.75 Å². The van der Waals surface area contributed by atoms with Crippen molar-refractivity contribution in [1.29, 1.82) is 0 Å². The van der Waals surface area contributed by atoms with E-state index in [0.717, 1.165) is 5.75 Å². The standard InChI is InChI=1S/C14H16N2O/c1-10-4-2-3-5-11(10)9-17-12-6-7-13(15)14(16)8-12/h2-8H,9,15-16H2,1H3. The van der Waals surface area contributed by atoms with Crippen LogP contribution in [-0.2, 0) is 6.61 Å². The molecule has 0 spiro atoms. The Kier molecular flexibility index (Phi) is 3.19. The van der Waals surface area contributed by atoms with Crippen LogP contribution >= 0.6 is 0 Å². The fourth-order valence-electron chi connectivity index (χ4n) is 1.58. The maximum Gasteiger partial charge on any atom is 0.122 e. The number of anilines is 2. The van der Waals surface area contributed by atoms with E-state index in [9.17, 15) is 0 Å². The minimum absolute atomic E-state index is 0.538. The number of nitrogen functional groups attached to an aromatic ring is 2. The van der Waals surface area contributed by atoms with Gasteiger partial charge in [-0.2, -0.15) is 0 Å². The molecule has 0 aliphatic heterocycles. The van der Waals surface area contributed by atoms with Gasteiger partial charge in [0, 0.05) is 6.07 Å². The molecule has 0 aromatic heterocycles. The van der Waals surface area contributed by atoms with E-state index in [-0.39, 0.29) is 0 Å². The van der Waals surface area contributed by atoms with Crippen LogP contribution in [0.25, 0.3) is 0 Å². The molecule has 0 fully saturated rings. The molecule has 0 bridgehead atoms. The summed E-state index contributed by atoms with van der Waals surface area (Å²) in [7, 11) is 0. The summed E-state index contributed by atoms with van der Waals surface area (Å²) in [6, 6.07) is 13.5. The van der Waals surface area contributed by atoms with E-state index in [4.69, 9.17) is 16.2 Å². The highest BCUT2D eigenvalue weighted by atomic mass is 16.5. The molecule has 17 heavy (non-hydrogen) atoms. The number of hydrogen-bond acceptors (Lipinski definition) is 3.